The predicted octanol–water partition coefficient (Wildman–Crippen LogP) is 8.68. The Morgan fingerprint density at radius 1 is 0.864 bits per heavy atom. The molecule has 0 aliphatic carbocycles. The van der Waals surface area contributed by atoms with Gasteiger partial charge in [-0.3, -0.25) is 9.36 Å². The standard InChI is InChI=1S/C50H54N7O8P/c1-8-29-61-45-44(65-66(63-30-15-28-51)57(34(2)3)35(4)5)42(64-49(45)56-33-54-43-46(52-32-53-47(43)56)55-48(58)36-16-11-9-12-17-36)31-62-50(37-18-13-10-14-19-37,38-20-24-40(59-6)25-21-38)39-22-26-41(60-7)27-23-39/h1,9-14,16-27,32-35,42,44-45,49H,15,29-31H2,2-7H3,(H,52,53,55,58)/t42-,44-,45-,49-,66?/m1/s1. The van der Waals surface area contributed by atoms with Gasteiger partial charge >= 0.3 is 0 Å². The zero-order valence-corrected chi connectivity index (χ0v) is 38.7. The van der Waals surface area contributed by atoms with Crippen LogP contribution in [-0.4, -0.2) is 94.5 Å². The molecular weight excluding hydrogens is 858 g/mol. The molecule has 0 spiro atoms. The Balaban J connectivity index is 1.35. The molecule has 1 unspecified atom stereocenters. The minimum absolute atomic E-state index is 0.00854. The first-order valence-electron chi connectivity index (χ1n) is 21.6. The molecule has 3 heterocycles. The molecule has 1 aliphatic rings. The van der Waals surface area contributed by atoms with Gasteiger partial charge in [0, 0.05) is 17.6 Å². The third-order valence-corrected chi connectivity index (χ3v) is 13.2. The molecule has 1 saturated heterocycles. The molecule has 1 N–H and O–H groups in total. The average molecular weight is 912 g/mol. The van der Waals surface area contributed by atoms with E-state index in [1.54, 1.807) is 49.4 Å². The molecule has 15 nitrogen and oxygen atoms in total. The van der Waals surface area contributed by atoms with Crippen LogP contribution in [0.25, 0.3) is 11.2 Å². The summed E-state index contributed by atoms with van der Waals surface area (Å²) in [7, 11) is 1.42. The predicted molar refractivity (Wildman–Crippen MR) is 251 cm³/mol. The van der Waals surface area contributed by atoms with Crippen LogP contribution in [0, 0.1) is 23.7 Å². The quantitative estimate of drug-likeness (QED) is 0.0316. The van der Waals surface area contributed by atoms with E-state index in [4.69, 9.17) is 39.2 Å². The Labute approximate surface area is 386 Å². The fourth-order valence-electron chi connectivity index (χ4n) is 8.09. The first kappa shape index (κ1) is 47.7. The van der Waals surface area contributed by atoms with E-state index in [-0.39, 0.29) is 50.1 Å². The lowest BCUT2D eigenvalue weighted by atomic mass is 9.80. The summed E-state index contributed by atoms with van der Waals surface area (Å²) in [6.45, 7) is 8.27. The summed E-state index contributed by atoms with van der Waals surface area (Å²) < 4.78 is 49.8. The van der Waals surface area contributed by atoms with Gasteiger partial charge in [-0.05, 0) is 80.8 Å². The van der Waals surface area contributed by atoms with Crippen molar-refractivity contribution >= 4 is 31.4 Å². The molecule has 6 aromatic rings. The maximum absolute atomic E-state index is 13.3. The van der Waals surface area contributed by atoms with Gasteiger partial charge in [-0.25, -0.2) is 19.6 Å². The highest BCUT2D eigenvalue weighted by atomic mass is 31.2. The number of ether oxygens (including phenoxy) is 5. The average Bonchev–Trinajstić information content (AvgIpc) is 3.93. The lowest BCUT2D eigenvalue weighted by Crippen LogP contribution is -2.43. The molecule has 5 atom stereocenters. The summed E-state index contributed by atoms with van der Waals surface area (Å²) >= 11 is 0. The number of benzene rings is 4. The van der Waals surface area contributed by atoms with Crippen molar-refractivity contribution in [2.75, 3.05) is 39.4 Å². The van der Waals surface area contributed by atoms with Crippen LogP contribution in [0.5, 0.6) is 11.5 Å². The van der Waals surface area contributed by atoms with Crippen LogP contribution >= 0.6 is 8.53 Å². The van der Waals surface area contributed by atoms with Crippen LogP contribution in [0.2, 0.25) is 0 Å². The highest BCUT2D eigenvalue weighted by Crippen LogP contribution is 2.51. The van der Waals surface area contributed by atoms with Gasteiger partial charge in [-0.1, -0.05) is 78.7 Å². The number of nitrogens with one attached hydrogen (secondary N) is 1. The van der Waals surface area contributed by atoms with E-state index in [0.717, 1.165) is 16.7 Å². The number of nitriles is 1. The van der Waals surface area contributed by atoms with Crippen LogP contribution < -0.4 is 14.8 Å². The zero-order valence-electron chi connectivity index (χ0n) is 37.8. The van der Waals surface area contributed by atoms with E-state index in [2.05, 4.69) is 64.6 Å². The van der Waals surface area contributed by atoms with Crippen molar-refractivity contribution in [1.82, 2.24) is 24.2 Å². The van der Waals surface area contributed by atoms with Crippen LogP contribution in [0.1, 0.15) is 67.4 Å². The maximum atomic E-state index is 13.3. The van der Waals surface area contributed by atoms with E-state index in [1.165, 1.54) is 6.33 Å². The van der Waals surface area contributed by atoms with Crippen molar-refractivity contribution in [3.8, 4) is 29.9 Å². The fraction of sp³-hybridized carbons (Fsp3) is 0.340. The van der Waals surface area contributed by atoms with E-state index in [0.29, 0.717) is 28.2 Å². The summed E-state index contributed by atoms with van der Waals surface area (Å²) in [5.74, 6) is 3.84. The largest absolute Gasteiger partial charge is 0.497 e. The molecule has 66 heavy (non-hydrogen) atoms. The van der Waals surface area contributed by atoms with Crippen LogP contribution in [0.15, 0.2) is 122 Å². The number of carbonyl (C=O) groups excluding carboxylic acids is 1. The minimum atomic E-state index is -1.83. The second kappa shape index (κ2) is 22.3. The van der Waals surface area contributed by atoms with Crippen molar-refractivity contribution in [2.24, 2.45) is 0 Å². The summed E-state index contributed by atoms with van der Waals surface area (Å²) in [4.78, 5) is 27.0. The van der Waals surface area contributed by atoms with Crippen molar-refractivity contribution < 1.29 is 37.5 Å². The van der Waals surface area contributed by atoms with E-state index < -0.39 is 38.7 Å². The zero-order chi connectivity index (χ0) is 46.6. The first-order chi connectivity index (χ1) is 32.1. The molecule has 342 valence electrons. The number of carbonyl (C=O) groups is 1. The Morgan fingerprint density at radius 3 is 2.05 bits per heavy atom. The van der Waals surface area contributed by atoms with Crippen molar-refractivity contribution in [1.29, 1.82) is 5.26 Å². The number of nitrogens with zero attached hydrogens (tertiary/aromatic N) is 6. The van der Waals surface area contributed by atoms with E-state index in [9.17, 15) is 10.1 Å². The van der Waals surface area contributed by atoms with Gasteiger partial charge in [-0.2, -0.15) is 5.26 Å². The van der Waals surface area contributed by atoms with Crippen molar-refractivity contribution in [3.63, 3.8) is 0 Å². The monoisotopic (exact) mass is 911 g/mol. The molecule has 2 aromatic heterocycles. The van der Waals surface area contributed by atoms with Gasteiger partial charge in [0.2, 0.25) is 0 Å². The van der Waals surface area contributed by atoms with Gasteiger partial charge in [0.15, 0.2) is 23.2 Å². The van der Waals surface area contributed by atoms with Gasteiger partial charge in [0.25, 0.3) is 14.4 Å². The van der Waals surface area contributed by atoms with Crippen LogP contribution in [0.3, 0.4) is 0 Å². The SMILES string of the molecule is C#CCO[C@@H]1[C@H](OP(OCCC#N)N(C(C)C)C(C)C)[C@@H](COC(c2ccccc2)(c2ccc(OC)cc2)c2ccc(OC)cc2)O[C@H]1n1cnc2c(NC(=O)c3ccccc3)ncnc21. The molecule has 1 fully saturated rings. The molecule has 0 saturated carbocycles. The number of hydrogen-bond acceptors (Lipinski definition) is 13. The van der Waals surface area contributed by atoms with E-state index >= 15 is 0 Å². The molecule has 0 bridgehead atoms. The lowest BCUT2D eigenvalue weighted by Gasteiger charge is -2.39. The number of rotatable bonds is 21. The van der Waals surface area contributed by atoms with Crippen LogP contribution in [0.4, 0.5) is 5.82 Å². The van der Waals surface area contributed by atoms with Crippen LogP contribution in [-0.2, 0) is 28.9 Å². The summed E-state index contributed by atoms with van der Waals surface area (Å²) in [5, 5.41) is 12.4. The van der Waals surface area contributed by atoms with Crippen molar-refractivity contribution in [2.45, 2.75) is 76.3 Å². The van der Waals surface area contributed by atoms with Gasteiger partial charge < -0.3 is 38.0 Å². The molecular formula is C50H54N7O8P. The smallest absolute Gasteiger partial charge is 0.259 e. The molecule has 1 aliphatic heterocycles. The summed E-state index contributed by atoms with van der Waals surface area (Å²) in [6.07, 6.45) is 5.40. The number of methoxy groups -OCH3 is 2. The number of terminal acetylenes is 1. The molecule has 1 amide bonds. The topological polar surface area (TPSA) is 164 Å². The summed E-state index contributed by atoms with van der Waals surface area (Å²) in [5.41, 5.74) is 2.42. The Bertz CT molecular complexity index is 2530. The normalized spacial score (nSPS) is 17.7. The van der Waals surface area contributed by atoms with Gasteiger partial charge in [0.05, 0.1) is 46.3 Å². The van der Waals surface area contributed by atoms with Gasteiger partial charge in [-0.15, -0.1) is 6.42 Å². The Hall–Kier alpha value is -6.26. The minimum Gasteiger partial charge on any atom is -0.497 e. The number of amides is 1. The number of hydrogen-bond donors (Lipinski definition) is 1. The lowest BCUT2D eigenvalue weighted by molar-refractivity contribution is -0.0944. The molecule has 7 rings (SSSR count). The first-order valence-corrected chi connectivity index (χ1v) is 22.7. The second-order valence-corrected chi connectivity index (χ2v) is 17.2. The second-order valence-electron chi connectivity index (χ2n) is 15.8. The molecule has 0 radical (unpaired) electrons. The fourth-order valence-corrected chi connectivity index (χ4v) is 9.86. The number of fused-ring (bicyclic) bond motifs is 1. The molecule has 16 heteroatoms. The van der Waals surface area contributed by atoms with Gasteiger partial charge in [0.1, 0.15) is 48.3 Å². The van der Waals surface area contributed by atoms with Crippen molar-refractivity contribution in [3.05, 3.63) is 144 Å². The third-order valence-electron chi connectivity index (χ3n) is 11.1. The Kier molecular flexibility index (Phi) is 16.1. The van der Waals surface area contributed by atoms with E-state index in [1.807, 2.05) is 84.9 Å². The Morgan fingerprint density at radius 2 is 1.47 bits per heavy atom. The third kappa shape index (κ3) is 10.4. The highest BCUT2D eigenvalue weighted by Gasteiger charge is 2.52. The number of anilines is 1. The molecule has 4 aromatic carbocycles. The summed E-state index contributed by atoms with van der Waals surface area (Å²) in [6, 6.07) is 36.5. The highest BCUT2D eigenvalue weighted by molar-refractivity contribution is 7.44. The maximum Gasteiger partial charge on any atom is 0.259 e. The number of aromatic nitrogens is 4. The number of imidazole rings is 1.